The Balaban J connectivity index is 2.03. The minimum atomic E-state index is -0.427. The van der Waals surface area contributed by atoms with Crippen molar-refractivity contribution < 1.29 is 19.0 Å². The van der Waals surface area contributed by atoms with Gasteiger partial charge in [0, 0.05) is 13.0 Å². The summed E-state index contributed by atoms with van der Waals surface area (Å²) in [5, 5.41) is 0. The summed E-state index contributed by atoms with van der Waals surface area (Å²) in [5.74, 6) is 1.55. The maximum atomic E-state index is 11.4. The van der Waals surface area contributed by atoms with Crippen molar-refractivity contribution in [1.29, 1.82) is 0 Å². The topological polar surface area (TPSA) is 44.8 Å². The molecule has 0 radical (unpaired) electrons. The van der Waals surface area contributed by atoms with E-state index in [1.807, 2.05) is 25.1 Å². The van der Waals surface area contributed by atoms with Crippen molar-refractivity contribution >= 4 is 21.7 Å². The maximum absolute atomic E-state index is 11.4. The zero-order chi connectivity index (χ0) is 13.1. The molecular weight excluding hydrogens is 300 g/mol. The second-order valence-corrected chi connectivity index (χ2v) is 4.85. The lowest BCUT2D eigenvalue weighted by atomic mass is 9.90. The van der Waals surface area contributed by atoms with Gasteiger partial charge in [0.2, 0.25) is 0 Å². The van der Waals surface area contributed by atoms with Crippen LogP contribution in [-0.4, -0.2) is 31.7 Å². The van der Waals surface area contributed by atoms with Crippen LogP contribution >= 0.6 is 15.9 Å². The summed E-state index contributed by atoms with van der Waals surface area (Å²) < 4.78 is 17.0. The third-order valence-electron chi connectivity index (χ3n) is 2.82. The number of carbonyl (C=O) groups excluding carboxylic acids is 1. The van der Waals surface area contributed by atoms with E-state index in [0.29, 0.717) is 18.8 Å². The van der Waals surface area contributed by atoms with E-state index in [0.717, 1.165) is 10.2 Å². The average Bonchev–Trinajstić information content (AvgIpc) is 2.37. The molecule has 0 aliphatic heterocycles. The number of carbonyl (C=O) groups is 1. The second-order valence-electron chi connectivity index (χ2n) is 4.00. The summed E-state index contributed by atoms with van der Waals surface area (Å²) in [4.78, 5) is 11.4. The number of ether oxygens (including phenoxy) is 3. The second kappa shape index (κ2) is 5.71. The lowest BCUT2D eigenvalue weighted by Crippen LogP contribution is -2.52. The first-order chi connectivity index (χ1) is 8.65. The predicted molar refractivity (Wildman–Crippen MR) is 70.1 cm³/mol. The molecule has 0 aromatic heterocycles. The van der Waals surface area contributed by atoms with Crippen molar-refractivity contribution in [3.8, 4) is 11.5 Å². The largest absolute Gasteiger partial charge is 0.497 e. The molecule has 4 nitrogen and oxygen atoms in total. The van der Waals surface area contributed by atoms with Crippen LogP contribution in [0.4, 0.5) is 0 Å². The van der Waals surface area contributed by atoms with Gasteiger partial charge in [-0.1, -0.05) is 0 Å². The summed E-state index contributed by atoms with van der Waals surface area (Å²) in [6.07, 6.45) is -0.213. The van der Waals surface area contributed by atoms with Gasteiger partial charge in [0.1, 0.15) is 17.6 Å². The molecule has 0 bridgehead atoms. The average molecular weight is 315 g/mol. The molecule has 0 spiro atoms. The van der Waals surface area contributed by atoms with Crippen molar-refractivity contribution in [2.24, 2.45) is 0 Å². The zero-order valence-corrected chi connectivity index (χ0v) is 11.9. The van der Waals surface area contributed by atoms with Crippen LogP contribution in [0.3, 0.4) is 0 Å². The number of methoxy groups -OCH3 is 1. The summed E-state index contributed by atoms with van der Waals surface area (Å²) in [6, 6.07) is 5.45. The van der Waals surface area contributed by atoms with Gasteiger partial charge < -0.3 is 14.2 Å². The number of Topliss-reactive ketones (excluding diaryl/α,β-unsaturated/α-hetero) is 1. The molecule has 1 aromatic rings. The van der Waals surface area contributed by atoms with E-state index >= 15 is 0 Å². The molecule has 1 aliphatic carbocycles. The molecule has 0 saturated heterocycles. The van der Waals surface area contributed by atoms with Crippen LogP contribution in [0.1, 0.15) is 13.3 Å². The van der Waals surface area contributed by atoms with Gasteiger partial charge in [-0.2, -0.15) is 0 Å². The summed E-state index contributed by atoms with van der Waals surface area (Å²) >= 11 is 3.41. The van der Waals surface area contributed by atoms with Crippen LogP contribution in [0.2, 0.25) is 0 Å². The summed E-state index contributed by atoms with van der Waals surface area (Å²) in [6.45, 7) is 2.38. The molecule has 1 aromatic carbocycles. The first-order valence-electron chi connectivity index (χ1n) is 5.80. The minimum absolute atomic E-state index is 0.103. The molecule has 0 heterocycles. The van der Waals surface area contributed by atoms with E-state index in [9.17, 15) is 4.79 Å². The Kier molecular flexibility index (Phi) is 4.24. The van der Waals surface area contributed by atoms with Gasteiger partial charge in [-0.15, -0.1) is 0 Å². The van der Waals surface area contributed by atoms with Gasteiger partial charge in [-0.3, -0.25) is 4.79 Å². The highest BCUT2D eigenvalue weighted by atomic mass is 79.9. The standard InChI is InChI=1S/C13H15BrO4/c1-3-17-13-10(15)7-12(13)18-11-5-4-8(16-2)6-9(11)14/h4-6,12-13H,3,7H2,1-2H3. The van der Waals surface area contributed by atoms with E-state index in [-0.39, 0.29) is 11.9 Å². The quantitative estimate of drug-likeness (QED) is 0.838. The molecule has 1 fully saturated rings. The van der Waals surface area contributed by atoms with E-state index in [1.54, 1.807) is 7.11 Å². The fourth-order valence-corrected chi connectivity index (χ4v) is 2.27. The maximum Gasteiger partial charge on any atom is 0.169 e. The highest BCUT2D eigenvalue weighted by Gasteiger charge is 2.42. The Morgan fingerprint density at radius 3 is 2.78 bits per heavy atom. The van der Waals surface area contributed by atoms with Crippen molar-refractivity contribution in [3.63, 3.8) is 0 Å². The molecule has 0 amide bonds. The molecule has 98 valence electrons. The summed E-state index contributed by atoms with van der Waals surface area (Å²) in [7, 11) is 1.61. The van der Waals surface area contributed by atoms with Crippen molar-refractivity contribution in [2.75, 3.05) is 13.7 Å². The monoisotopic (exact) mass is 314 g/mol. The number of hydrogen-bond donors (Lipinski definition) is 0. The number of rotatable bonds is 5. The Bertz CT molecular complexity index is 447. The SMILES string of the molecule is CCOC1C(=O)CC1Oc1ccc(OC)cc1Br. The van der Waals surface area contributed by atoms with Crippen molar-refractivity contribution in [1.82, 2.24) is 0 Å². The molecule has 2 unspecified atom stereocenters. The Labute approximate surface area is 114 Å². The molecule has 5 heteroatoms. The van der Waals surface area contributed by atoms with Gasteiger partial charge in [0.15, 0.2) is 11.9 Å². The van der Waals surface area contributed by atoms with Crippen LogP contribution in [0.25, 0.3) is 0 Å². The predicted octanol–water partition coefficient (Wildman–Crippen LogP) is 2.58. The molecule has 2 atom stereocenters. The smallest absolute Gasteiger partial charge is 0.169 e. The lowest BCUT2D eigenvalue weighted by Gasteiger charge is -2.34. The fourth-order valence-electron chi connectivity index (χ4n) is 1.82. The number of benzene rings is 1. The number of hydrogen-bond acceptors (Lipinski definition) is 4. The van der Waals surface area contributed by atoms with E-state index in [2.05, 4.69) is 15.9 Å². The van der Waals surface area contributed by atoms with Crippen molar-refractivity contribution in [2.45, 2.75) is 25.6 Å². The Hall–Kier alpha value is -1.07. The van der Waals surface area contributed by atoms with Gasteiger partial charge in [-0.25, -0.2) is 0 Å². The third kappa shape index (κ3) is 2.67. The van der Waals surface area contributed by atoms with Gasteiger partial charge in [0.05, 0.1) is 11.6 Å². The van der Waals surface area contributed by atoms with Crippen LogP contribution in [0, 0.1) is 0 Å². The minimum Gasteiger partial charge on any atom is -0.497 e. The van der Waals surface area contributed by atoms with E-state index in [1.165, 1.54) is 0 Å². The third-order valence-corrected chi connectivity index (χ3v) is 3.44. The van der Waals surface area contributed by atoms with Crippen LogP contribution in [-0.2, 0) is 9.53 Å². The van der Waals surface area contributed by atoms with Crippen LogP contribution in [0.5, 0.6) is 11.5 Å². The number of halogens is 1. The zero-order valence-electron chi connectivity index (χ0n) is 10.3. The van der Waals surface area contributed by atoms with E-state index < -0.39 is 6.10 Å². The highest BCUT2D eigenvalue weighted by molar-refractivity contribution is 9.10. The molecule has 1 aliphatic rings. The first kappa shape index (κ1) is 13.4. The van der Waals surface area contributed by atoms with E-state index in [4.69, 9.17) is 14.2 Å². The van der Waals surface area contributed by atoms with Gasteiger partial charge in [0.25, 0.3) is 0 Å². The van der Waals surface area contributed by atoms with Gasteiger partial charge in [-0.05, 0) is 41.1 Å². The molecule has 2 rings (SSSR count). The van der Waals surface area contributed by atoms with Crippen LogP contribution < -0.4 is 9.47 Å². The Morgan fingerprint density at radius 1 is 1.44 bits per heavy atom. The number of ketones is 1. The molecule has 0 N–H and O–H groups in total. The Morgan fingerprint density at radius 2 is 2.22 bits per heavy atom. The summed E-state index contributed by atoms with van der Waals surface area (Å²) in [5.41, 5.74) is 0. The fraction of sp³-hybridized carbons (Fsp3) is 0.462. The molecule has 18 heavy (non-hydrogen) atoms. The van der Waals surface area contributed by atoms with Gasteiger partial charge >= 0.3 is 0 Å². The molecule has 1 saturated carbocycles. The molecular formula is C13H15BrO4. The highest BCUT2D eigenvalue weighted by Crippen LogP contribution is 2.33. The normalized spacial score (nSPS) is 22.5. The first-order valence-corrected chi connectivity index (χ1v) is 6.59. The van der Waals surface area contributed by atoms with Crippen LogP contribution in [0.15, 0.2) is 22.7 Å². The lowest BCUT2D eigenvalue weighted by molar-refractivity contribution is -0.154. The van der Waals surface area contributed by atoms with Crippen molar-refractivity contribution in [3.05, 3.63) is 22.7 Å².